The van der Waals surface area contributed by atoms with Crippen LogP contribution in [0.15, 0.2) is 18.2 Å². The van der Waals surface area contributed by atoms with E-state index in [9.17, 15) is 8.78 Å². The van der Waals surface area contributed by atoms with Crippen molar-refractivity contribution in [2.24, 2.45) is 5.73 Å². The van der Waals surface area contributed by atoms with Crippen LogP contribution in [-0.2, 0) is 0 Å². The molecule has 15 heavy (non-hydrogen) atoms. The van der Waals surface area contributed by atoms with Crippen molar-refractivity contribution in [3.8, 4) is 12.3 Å². The van der Waals surface area contributed by atoms with Gasteiger partial charge >= 0.3 is 0 Å². The minimum atomic E-state index is -0.861. The van der Waals surface area contributed by atoms with Crippen molar-refractivity contribution in [3.63, 3.8) is 0 Å². The molecular formula is C12H13F2N. The van der Waals surface area contributed by atoms with E-state index in [4.69, 9.17) is 12.2 Å². The summed E-state index contributed by atoms with van der Waals surface area (Å²) in [5.41, 5.74) is 6.40. The van der Waals surface area contributed by atoms with Gasteiger partial charge in [-0.2, -0.15) is 0 Å². The van der Waals surface area contributed by atoms with Gasteiger partial charge in [0.15, 0.2) is 11.6 Å². The van der Waals surface area contributed by atoms with Crippen LogP contribution in [0.1, 0.15) is 30.9 Å². The Balaban J connectivity index is 2.62. The van der Waals surface area contributed by atoms with Crippen LogP contribution >= 0.6 is 0 Å². The van der Waals surface area contributed by atoms with Gasteiger partial charge in [-0.15, -0.1) is 12.3 Å². The van der Waals surface area contributed by atoms with Crippen molar-refractivity contribution in [1.29, 1.82) is 0 Å². The lowest BCUT2D eigenvalue weighted by atomic mass is 10.0. The molecular weight excluding hydrogens is 196 g/mol. The molecule has 1 nitrogen and oxygen atoms in total. The molecule has 2 N–H and O–H groups in total. The molecule has 1 aromatic rings. The molecule has 0 aliphatic carbocycles. The fourth-order valence-corrected chi connectivity index (χ4v) is 1.33. The molecule has 1 unspecified atom stereocenters. The normalized spacial score (nSPS) is 12.1. The van der Waals surface area contributed by atoms with E-state index in [1.807, 2.05) is 0 Å². The van der Waals surface area contributed by atoms with E-state index in [1.54, 1.807) is 0 Å². The minimum absolute atomic E-state index is 0.284. The Morgan fingerprint density at radius 1 is 1.33 bits per heavy atom. The van der Waals surface area contributed by atoms with E-state index in [-0.39, 0.29) is 6.04 Å². The fraction of sp³-hybridized carbons (Fsp3) is 0.333. The largest absolute Gasteiger partial charge is 0.324 e. The summed E-state index contributed by atoms with van der Waals surface area (Å²) < 4.78 is 25.5. The standard InChI is InChI=1S/C12H13F2N/c1-2-3-4-5-12(15)9-6-7-10(13)11(14)8-9/h1,6-8,12H,3-5,15H2. The molecule has 80 valence electrons. The van der Waals surface area contributed by atoms with Crippen LogP contribution in [0.4, 0.5) is 8.78 Å². The molecule has 0 heterocycles. The van der Waals surface area contributed by atoms with E-state index in [2.05, 4.69) is 5.92 Å². The third kappa shape index (κ3) is 3.34. The molecule has 0 saturated carbocycles. The van der Waals surface area contributed by atoms with Crippen LogP contribution in [0, 0.1) is 24.0 Å². The van der Waals surface area contributed by atoms with Crippen LogP contribution in [0.25, 0.3) is 0 Å². The molecule has 0 aliphatic heterocycles. The van der Waals surface area contributed by atoms with Crippen molar-refractivity contribution in [2.75, 3.05) is 0 Å². The second kappa shape index (κ2) is 5.47. The van der Waals surface area contributed by atoms with Gasteiger partial charge in [-0.3, -0.25) is 0 Å². The number of halogens is 2. The van der Waals surface area contributed by atoms with Gasteiger partial charge in [-0.25, -0.2) is 8.78 Å². The summed E-state index contributed by atoms with van der Waals surface area (Å²) in [6.07, 6.45) is 7.21. The first kappa shape index (κ1) is 11.7. The highest BCUT2D eigenvalue weighted by atomic mass is 19.2. The van der Waals surface area contributed by atoms with Gasteiger partial charge in [0.2, 0.25) is 0 Å². The maximum Gasteiger partial charge on any atom is 0.159 e. The maximum absolute atomic E-state index is 12.9. The molecule has 1 rings (SSSR count). The maximum atomic E-state index is 12.9. The van der Waals surface area contributed by atoms with Crippen LogP contribution in [0.2, 0.25) is 0 Å². The number of rotatable bonds is 4. The van der Waals surface area contributed by atoms with Crippen molar-refractivity contribution >= 4 is 0 Å². The second-order valence-corrected chi connectivity index (χ2v) is 3.38. The number of terminal acetylenes is 1. The summed E-state index contributed by atoms with van der Waals surface area (Å²) in [7, 11) is 0. The van der Waals surface area contributed by atoms with Gasteiger partial charge in [-0.05, 0) is 30.5 Å². The molecule has 1 atom stereocenters. The molecule has 0 aliphatic rings. The molecule has 0 amide bonds. The molecule has 0 bridgehead atoms. The van der Waals surface area contributed by atoms with Gasteiger partial charge in [0.25, 0.3) is 0 Å². The topological polar surface area (TPSA) is 26.0 Å². The Labute approximate surface area is 88.3 Å². The highest BCUT2D eigenvalue weighted by Crippen LogP contribution is 2.18. The van der Waals surface area contributed by atoms with Crippen LogP contribution < -0.4 is 5.73 Å². The summed E-state index contributed by atoms with van der Waals surface area (Å²) in [6, 6.07) is 3.44. The third-order valence-electron chi connectivity index (χ3n) is 2.21. The highest BCUT2D eigenvalue weighted by molar-refractivity contribution is 5.20. The predicted molar refractivity (Wildman–Crippen MR) is 56.0 cm³/mol. The Hall–Kier alpha value is -1.40. The van der Waals surface area contributed by atoms with Crippen LogP contribution in [0.3, 0.4) is 0 Å². The van der Waals surface area contributed by atoms with Gasteiger partial charge < -0.3 is 5.73 Å². The number of unbranched alkanes of at least 4 members (excludes halogenated alkanes) is 1. The number of benzene rings is 1. The van der Waals surface area contributed by atoms with Crippen LogP contribution in [-0.4, -0.2) is 0 Å². The first-order chi connectivity index (χ1) is 7.15. The summed E-state index contributed by atoms with van der Waals surface area (Å²) in [5.74, 6) is 0.792. The summed E-state index contributed by atoms with van der Waals surface area (Å²) >= 11 is 0. The zero-order chi connectivity index (χ0) is 11.3. The Morgan fingerprint density at radius 2 is 2.07 bits per heavy atom. The lowest BCUT2D eigenvalue weighted by Crippen LogP contribution is -2.10. The Bertz CT molecular complexity index is 368. The molecule has 3 heteroatoms. The first-order valence-corrected chi connectivity index (χ1v) is 4.79. The van der Waals surface area contributed by atoms with Gasteiger partial charge in [0.1, 0.15) is 0 Å². The van der Waals surface area contributed by atoms with E-state index < -0.39 is 11.6 Å². The van der Waals surface area contributed by atoms with Crippen molar-refractivity contribution < 1.29 is 8.78 Å². The van der Waals surface area contributed by atoms with Crippen LogP contribution in [0.5, 0.6) is 0 Å². The van der Waals surface area contributed by atoms with E-state index in [0.29, 0.717) is 18.4 Å². The molecule has 0 radical (unpaired) electrons. The molecule has 0 aromatic heterocycles. The highest BCUT2D eigenvalue weighted by Gasteiger charge is 2.08. The van der Waals surface area contributed by atoms with Gasteiger partial charge in [-0.1, -0.05) is 6.07 Å². The second-order valence-electron chi connectivity index (χ2n) is 3.38. The Morgan fingerprint density at radius 3 is 2.67 bits per heavy atom. The number of nitrogens with two attached hydrogens (primary N) is 1. The third-order valence-corrected chi connectivity index (χ3v) is 2.21. The average Bonchev–Trinajstić information content (AvgIpc) is 2.22. The summed E-state index contributed by atoms with van der Waals surface area (Å²) in [6.45, 7) is 0. The average molecular weight is 209 g/mol. The summed E-state index contributed by atoms with van der Waals surface area (Å²) in [4.78, 5) is 0. The zero-order valence-corrected chi connectivity index (χ0v) is 8.34. The quantitative estimate of drug-likeness (QED) is 0.599. The lowest BCUT2D eigenvalue weighted by Gasteiger charge is -2.11. The smallest absolute Gasteiger partial charge is 0.159 e. The molecule has 0 saturated heterocycles. The van der Waals surface area contributed by atoms with Crippen molar-refractivity contribution in [2.45, 2.75) is 25.3 Å². The van der Waals surface area contributed by atoms with E-state index in [0.717, 1.165) is 18.6 Å². The number of hydrogen-bond acceptors (Lipinski definition) is 1. The van der Waals surface area contributed by atoms with Crippen molar-refractivity contribution in [1.82, 2.24) is 0 Å². The van der Waals surface area contributed by atoms with Crippen molar-refractivity contribution in [3.05, 3.63) is 35.4 Å². The molecule has 0 spiro atoms. The van der Waals surface area contributed by atoms with Gasteiger partial charge in [0, 0.05) is 12.5 Å². The monoisotopic (exact) mass is 209 g/mol. The first-order valence-electron chi connectivity index (χ1n) is 4.79. The fourth-order valence-electron chi connectivity index (χ4n) is 1.33. The Kier molecular flexibility index (Phi) is 4.26. The minimum Gasteiger partial charge on any atom is -0.324 e. The SMILES string of the molecule is C#CCCCC(N)c1ccc(F)c(F)c1. The zero-order valence-electron chi connectivity index (χ0n) is 8.34. The number of hydrogen-bond donors (Lipinski definition) is 1. The van der Waals surface area contributed by atoms with Gasteiger partial charge in [0.05, 0.1) is 0 Å². The predicted octanol–water partition coefficient (Wildman–Crippen LogP) is 2.77. The molecule has 0 fully saturated rings. The molecule has 1 aromatic carbocycles. The van der Waals surface area contributed by atoms with E-state index in [1.165, 1.54) is 6.07 Å². The van der Waals surface area contributed by atoms with E-state index >= 15 is 0 Å². The lowest BCUT2D eigenvalue weighted by molar-refractivity contribution is 0.503. The summed E-state index contributed by atoms with van der Waals surface area (Å²) in [5, 5.41) is 0.